The van der Waals surface area contributed by atoms with Crippen molar-refractivity contribution in [2.45, 2.75) is 11.6 Å². The van der Waals surface area contributed by atoms with E-state index in [1.807, 2.05) is 42.6 Å². The maximum atomic E-state index is 12.4. The summed E-state index contributed by atoms with van der Waals surface area (Å²) in [6.07, 6.45) is 2.74. The summed E-state index contributed by atoms with van der Waals surface area (Å²) in [6.45, 7) is 0.561. The van der Waals surface area contributed by atoms with E-state index in [2.05, 4.69) is 21.4 Å². The number of aromatic nitrogens is 3. The molecule has 0 saturated carbocycles. The van der Waals surface area contributed by atoms with Crippen molar-refractivity contribution in [3.63, 3.8) is 0 Å². The van der Waals surface area contributed by atoms with Crippen LogP contribution in [0.3, 0.4) is 0 Å². The molecule has 0 aliphatic heterocycles. The van der Waals surface area contributed by atoms with Gasteiger partial charge in [-0.2, -0.15) is 0 Å². The van der Waals surface area contributed by atoms with E-state index in [0.717, 1.165) is 11.9 Å². The average molecular weight is 392 g/mol. The van der Waals surface area contributed by atoms with Crippen LogP contribution in [0.1, 0.15) is 5.56 Å². The van der Waals surface area contributed by atoms with Gasteiger partial charge in [0.1, 0.15) is 0 Å². The first kappa shape index (κ1) is 18.3. The fourth-order valence-corrected chi connectivity index (χ4v) is 3.98. The highest BCUT2D eigenvalue weighted by Crippen LogP contribution is 2.18. The molecule has 142 valence electrons. The summed E-state index contributed by atoms with van der Waals surface area (Å²) in [5.74, 6) is 0.138. The van der Waals surface area contributed by atoms with Gasteiger partial charge in [-0.3, -0.25) is 14.2 Å². The van der Waals surface area contributed by atoms with Gasteiger partial charge in [0.05, 0.1) is 16.7 Å². The van der Waals surface area contributed by atoms with E-state index in [1.54, 1.807) is 13.1 Å². The minimum absolute atomic E-state index is 0.0766. The van der Waals surface area contributed by atoms with E-state index in [0.29, 0.717) is 22.6 Å². The number of hydrogen-bond acceptors (Lipinski definition) is 4. The van der Waals surface area contributed by atoms with Crippen LogP contribution in [0.5, 0.6) is 0 Å². The Labute approximate surface area is 166 Å². The van der Waals surface area contributed by atoms with Gasteiger partial charge in [-0.1, -0.05) is 42.1 Å². The number of benzene rings is 2. The van der Waals surface area contributed by atoms with Crippen LogP contribution in [0.2, 0.25) is 0 Å². The minimum atomic E-state index is -0.104. The van der Waals surface area contributed by atoms with Crippen LogP contribution in [0.15, 0.2) is 64.7 Å². The first-order valence-electron chi connectivity index (χ1n) is 9.04. The summed E-state index contributed by atoms with van der Waals surface area (Å²) >= 11 is 1.27. The lowest BCUT2D eigenvalue weighted by atomic mass is 10.1. The third-order valence-corrected chi connectivity index (χ3v) is 5.70. The average Bonchev–Trinajstić information content (AvgIpc) is 3.13. The zero-order valence-electron chi connectivity index (χ0n) is 15.4. The zero-order valence-corrected chi connectivity index (χ0v) is 16.3. The molecular weight excluding hydrogens is 372 g/mol. The number of para-hydroxylation sites is 2. The lowest BCUT2D eigenvalue weighted by Gasteiger charge is -2.09. The number of thioether (sulfide) groups is 1. The molecule has 0 aliphatic rings. The van der Waals surface area contributed by atoms with Crippen molar-refractivity contribution >= 4 is 39.5 Å². The lowest BCUT2D eigenvalue weighted by Crippen LogP contribution is -2.28. The number of fused-ring (bicyclic) bond motifs is 2. The number of H-pyrrole nitrogens is 1. The normalized spacial score (nSPS) is 11.2. The maximum absolute atomic E-state index is 12.4. The Morgan fingerprint density at radius 3 is 2.75 bits per heavy atom. The fourth-order valence-electron chi connectivity index (χ4n) is 3.18. The van der Waals surface area contributed by atoms with E-state index in [9.17, 15) is 9.59 Å². The number of carbonyl (C=O) groups excluding carboxylic acids is 1. The van der Waals surface area contributed by atoms with E-state index in [1.165, 1.54) is 27.3 Å². The van der Waals surface area contributed by atoms with Crippen LogP contribution in [-0.2, 0) is 18.3 Å². The van der Waals surface area contributed by atoms with Crippen molar-refractivity contribution in [2.24, 2.45) is 7.05 Å². The highest BCUT2D eigenvalue weighted by molar-refractivity contribution is 7.99. The smallest absolute Gasteiger partial charge is 0.261 e. The zero-order chi connectivity index (χ0) is 19.5. The lowest BCUT2D eigenvalue weighted by molar-refractivity contribution is -0.118. The summed E-state index contributed by atoms with van der Waals surface area (Å²) < 4.78 is 1.49. The fraction of sp³-hybridized carbons (Fsp3) is 0.190. The van der Waals surface area contributed by atoms with Crippen LogP contribution in [0.25, 0.3) is 21.8 Å². The Hall–Kier alpha value is -3.06. The van der Waals surface area contributed by atoms with Crippen molar-refractivity contribution < 1.29 is 4.79 Å². The highest BCUT2D eigenvalue weighted by Gasteiger charge is 2.11. The second-order valence-electron chi connectivity index (χ2n) is 6.52. The Balaban J connectivity index is 1.35. The predicted molar refractivity (Wildman–Crippen MR) is 113 cm³/mol. The molecule has 1 amide bonds. The monoisotopic (exact) mass is 392 g/mol. The van der Waals surface area contributed by atoms with Crippen LogP contribution >= 0.6 is 11.8 Å². The van der Waals surface area contributed by atoms with Gasteiger partial charge in [0, 0.05) is 30.7 Å². The van der Waals surface area contributed by atoms with Crippen molar-refractivity contribution in [2.75, 3.05) is 12.3 Å². The third kappa shape index (κ3) is 3.66. The Bertz CT molecular complexity index is 1210. The summed E-state index contributed by atoms with van der Waals surface area (Å²) in [7, 11) is 1.68. The van der Waals surface area contributed by atoms with Crippen LogP contribution < -0.4 is 10.9 Å². The number of amides is 1. The number of hydrogen-bond donors (Lipinski definition) is 2. The van der Waals surface area contributed by atoms with E-state index in [-0.39, 0.29) is 17.2 Å². The molecule has 2 aromatic carbocycles. The molecule has 0 unspecified atom stereocenters. The molecule has 0 spiro atoms. The topological polar surface area (TPSA) is 79.8 Å². The van der Waals surface area contributed by atoms with Gasteiger partial charge in [0.25, 0.3) is 5.56 Å². The van der Waals surface area contributed by atoms with Crippen LogP contribution in [0, 0.1) is 0 Å². The summed E-state index contributed by atoms with van der Waals surface area (Å²) in [5, 5.41) is 5.24. The third-order valence-electron chi connectivity index (χ3n) is 4.67. The molecule has 2 N–H and O–H groups in total. The molecular formula is C21H20N4O2S. The van der Waals surface area contributed by atoms with Crippen molar-refractivity contribution in [1.82, 2.24) is 19.9 Å². The number of nitrogens with zero attached hydrogens (tertiary/aromatic N) is 2. The molecule has 4 rings (SSSR count). The summed E-state index contributed by atoms with van der Waals surface area (Å²) in [6, 6.07) is 15.4. The minimum Gasteiger partial charge on any atom is -0.361 e. The largest absolute Gasteiger partial charge is 0.361 e. The van der Waals surface area contributed by atoms with E-state index in [4.69, 9.17) is 0 Å². The molecule has 0 bridgehead atoms. The quantitative estimate of drug-likeness (QED) is 0.391. The molecule has 2 heterocycles. The molecule has 0 saturated heterocycles. The van der Waals surface area contributed by atoms with Gasteiger partial charge < -0.3 is 10.3 Å². The maximum Gasteiger partial charge on any atom is 0.261 e. The van der Waals surface area contributed by atoms with Gasteiger partial charge in [0.2, 0.25) is 5.91 Å². The van der Waals surface area contributed by atoms with E-state index >= 15 is 0 Å². The SMILES string of the molecule is Cn1c(SCC(=O)NCCc2c[nH]c3ccccc23)nc2ccccc2c1=O. The van der Waals surface area contributed by atoms with Gasteiger partial charge >= 0.3 is 0 Å². The molecule has 7 heteroatoms. The summed E-state index contributed by atoms with van der Waals surface area (Å²) in [4.78, 5) is 32.4. The molecule has 28 heavy (non-hydrogen) atoms. The molecule has 6 nitrogen and oxygen atoms in total. The number of nitrogens with one attached hydrogen (secondary N) is 2. The van der Waals surface area contributed by atoms with Gasteiger partial charge in [-0.25, -0.2) is 4.98 Å². The molecule has 0 radical (unpaired) electrons. The molecule has 0 fully saturated rings. The molecule has 2 aromatic heterocycles. The summed E-state index contributed by atoms with van der Waals surface area (Å²) in [5.41, 5.74) is 2.82. The highest BCUT2D eigenvalue weighted by atomic mass is 32.2. The Kier molecular flexibility index (Phi) is 5.16. The Morgan fingerprint density at radius 1 is 1.14 bits per heavy atom. The second kappa shape index (κ2) is 7.90. The van der Waals surface area contributed by atoms with Crippen molar-refractivity contribution in [3.8, 4) is 0 Å². The number of aromatic amines is 1. The predicted octanol–water partition coefficient (Wildman–Crippen LogP) is 2.87. The Morgan fingerprint density at radius 2 is 1.89 bits per heavy atom. The van der Waals surface area contributed by atoms with E-state index < -0.39 is 0 Å². The van der Waals surface area contributed by atoms with Gasteiger partial charge in [-0.15, -0.1) is 0 Å². The van der Waals surface area contributed by atoms with Crippen LogP contribution in [-0.4, -0.2) is 32.7 Å². The first-order valence-corrected chi connectivity index (χ1v) is 10.0. The number of rotatable bonds is 6. The molecule has 4 aromatic rings. The number of carbonyl (C=O) groups is 1. The van der Waals surface area contributed by atoms with Gasteiger partial charge in [0.15, 0.2) is 5.16 Å². The second-order valence-corrected chi connectivity index (χ2v) is 7.47. The van der Waals surface area contributed by atoms with Gasteiger partial charge in [-0.05, 0) is 30.2 Å². The standard InChI is InChI=1S/C21H20N4O2S/c1-25-20(27)16-7-3-5-9-18(16)24-21(25)28-13-19(26)22-11-10-14-12-23-17-8-4-2-6-15(14)17/h2-9,12,23H,10-11,13H2,1H3,(H,22,26). The van der Waals surface area contributed by atoms with Crippen molar-refractivity contribution in [3.05, 3.63) is 70.6 Å². The molecule has 0 aliphatic carbocycles. The first-order chi connectivity index (χ1) is 13.6. The molecule has 0 atom stereocenters. The van der Waals surface area contributed by atoms with Crippen molar-refractivity contribution in [1.29, 1.82) is 0 Å². The van der Waals surface area contributed by atoms with Crippen LogP contribution in [0.4, 0.5) is 0 Å².